The van der Waals surface area contributed by atoms with Crippen molar-refractivity contribution >= 4 is 11.9 Å². The van der Waals surface area contributed by atoms with Gasteiger partial charge in [-0.25, -0.2) is 0 Å². The predicted molar refractivity (Wildman–Crippen MR) is 62.7 cm³/mol. The number of carbonyl (C=O) groups excluding carboxylic acids is 1. The molecule has 1 N–H and O–H groups in total. The van der Waals surface area contributed by atoms with Crippen molar-refractivity contribution < 1.29 is 19.4 Å². The Morgan fingerprint density at radius 2 is 2.18 bits per heavy atom. The topological polar surface area (TPSA) is 66.8 Å². The summed E-state index contributed by atoms with van der Waals surface area (Å²) in [6.45, 7) is 3.54. The first-order chi connectivity index (χ1) is 8.13. The Hall–Kier alpha value is -1.10. The SMILES string of the molecule is CCCCCC(=O)N1CCOC(CC(=O)O)C1. The van der Waals surface area contributed by atoms with Gasteiger partial charge in [0.1, 0.15) is 0 Å². The molecular weight excluding hydrogens is 222 g/mol. The molecule has 0 bridgehead atoms. The van der Waals surface area contributed by atoms with Gasteiger partial charge in [-0.2, -0.15) is 0 Å². The van der Waals surface area contributed by atoms with E-state index in [1.807, 2.05) is 0 Å². The summed E-state index contributed by atoms with van der Waals surface area (Å²) in [5, 5.41) is 8.68. The summed E-state index contributed by atoms with van der Waals surface area (Å²) in [4.78, 5) is 24.1. The van der Waals surface area contributed by atoms with E-state index in [1.165, 1.54) is 0 Å². The average molecular weight is 243 g/mol. The Kier molecular flexibility index (Phi) is 5.97. The maximum Gasteiger partial charge on any atom is 0.306 e. The molecule has 0 spiro atoms. The van der Waals surface area contributed by atoms with E-state index in [4.69, 9.17) is 9.84 Å². The first kappa shape index (κ1) is 14.0. The minimum absolute atomic E-state index is 0.0290. The highest BCUT2D eigenvalue weighted by molar-refractivity contribution is 5.76. The van der Waals surface area contributed by atoms with Crippen LogP contribution in [0.1, 0.15) is 39.0 Å². The fourth-order valence-corrected chi connectivity index (χ4v) is 1.95. The van der Waals surface area contributed by atoms with Gasteiger partial charge in [0, 0.05) is 19.5 Å². The number of amides is 1. The molecule has 1 atom stereocenters. The monoisotopic (exact) mass is 243 g/mol. The second-order valence-corrected chi connectivity index (χ2v) is 4.39. The van der Waals surface area contributed by atoms with Gasteiger partial charge in [0.15, 0.2) is 0 Å². The highest BCUT2D eigenvalue weighted by Crippen LogP contribution is 2.11. The molecule has 1 rings (SSSR count). The molecule has 1 fully saturated rings. The lowest BCUT2D eigenvalue weighted by molar-refractivity contribution is -0.147. The number of unbranched alkanes of at least 4 members (excludes halogenated alkanes) is 2. The van der Waals surface area contributed by atoms with Gasteiger partial charge >= 0.3 is 5.97 Å². The molecule has 0 aliphatic carbocycles. The molecule has 0 aromatic heterocycles. The quantitative estimate of drug-likeness (QED) is 0.713. The van der Waals surface area contributed by atoms with Crippen LogP contribution in [-0.2, 0) is 14.3 Å². The Labute approximate surface area is 102 Å². The molecule has 17 heavy (non-hydrogen) atoms. The third-order valence-electron chi connectivity index (χ3n) is 2.89. The summed E-state index contributed by atoms with van der Waals surface area (Å²) in [7, 11) is 0. The zero-order valence-corrected chi connectivity index (χ0v) is 10.4. The van der Waals surface area contributed by atoms with Crippen molar-refractivity contribution in [1.82, 2.24) is 4.90 Å². The van der Waals surface area contributed by atoms with Gasteiger partial charge in [-0.1, -0.05) is 19.8 Å². The largest absolute Gasteiger partial charge is 0.481 e. The van der Waals surface area contributed by atoms with Gasteiger partial charge in [-0.3, -0.25) is 9.59 Å². The van der Waals surface area contributed by atoms with Crippen LogP contribution in [0.2, 0.25) is 0 Å². The van der Waals surface area contributed by atoms with Crippen LogP contribution in [0.25, 0.3) is 0 Å². The van der Waals surface area contributed by atoms with Crippen molar-refractivity contribution in [3.63, 3.8) is 0 Å². The highest BCUT2D eigenvalue weighted by Gasteiger charge is 2.25. The second-order valence-electron chi connectivity index (χ2n) is 4.39. The number of carbonyl (C=O) groups is 2. The highest BCUT2D eigenvalue weighted by atomic mass is 16.5. The fraction of sp³-hybridized carbons (Fsp3) is 0.833. The van der Waals surface area contributed by atoms with Crippen molar-refractivity contribution in [1.29, 1.82) is 0 Å². The van der Waals surface area contributed by atoms with Crippen LogP contribution < -0.4 is 0 Å². The van der Waals surface area contributed by atoms with Crippen molar-refractivity contribution in [2.45, 2.75) is 45.1 Å². The van der Waals surface area contributed by atoms with Crippen LogP contribution in [0, 0.1) is 0 Å². The molecule has 1 aliphatic heterocycles. The number of hydrogen-bond donors (Lipinski definition) is 1. The number of carboxylic acids is 1. The lowest BCUT2D eigenvalue weighted by Crippen LogP contribution is -2.46. The lowest BCUT2D eigenvalue weighted by atomic mass is 10.1. The molecule has 0 saturated carbocycles. The number of rotatable bonds is 6. The molecule has 98 valence electrons. The molecule has 5 heteroatoms. The first-order valence-electron chi connectivity index (χ1n) is 6.24. The standard InChI is InChI=1S/C12H21NO4/c1-2-3-4-5-11(14)13-6-7-17-10(9-13)8-12(15)16/h10H,2-9H2,1H3,(H,15,16). The summed E-state index contributed by atoms with van der Waals surface area (Å²) >= 11 is 0. The number of carboxylic acid groups (broad SMARTS) is 1. The van der Waals surface area contributed by atoms with Crippen LogP contribution in [0.15, 0.2) is 0 Å². The molecule has 1 heterocycles. The number of hydrogen-bond acceptors (Lipinski definition) is 3. The van der Waals surface area contributed by atoms with Crippen molar-refractivity contribution in [2.24, 2.45) is 0 Å². The smallest absolute Gasteiger partial charge is 0.306 e. The van der Waals surface area contributed by atoms with E-state index in [1.54, 1.807) is 4.90 Å². The van der Waals surface area contributed by atoms with E-state index < -0.39 is 5.97 Å². The van der Waals surface area contributed by atoms with Crippen LogP contribution >= 0.6 is 0 Å². The normalized spacial score (nSPS) is 20.3. The van der Waals surface area contributed by atoms with E-state index in [0.29, 0.717) is 26.1 Å². The summed E-state index contributed by atoms with van der Waals surface area (Å²) < 4.78 is 5.32. The Balaban J connectivity index is 2.32. The lowest BCUT2D eigenvalue weighted by Gasteiger charge is -2.32. The van der Waals surface area contributed by atoms with Gasteiger partial charge in [-0.05, 0) is 6.42 Å². The zero-order chi connectivity index (χ0) is 12.7. The molecule has 1 aliphatic rings. The van der Waals surface area contributed by atoms with E-state index >= 15 is 0 Å². The molecule has 1 unspecified atom stereocenters. The molecule has 0 aromatic rings. The van der Waals surface area contributed by atoms with E-state index in [2.05, 4.69) is 6.92 Å². The molecule has 5 nitrogen and oxygen atoms in total. The maximum absolute atomic E-state index is 11.8. The predicted octanol–water partition coefficient (Wildman–Crippen LogP) is 1.27. The average Bonchev–Trinajstić information content (AvgIpc) is 2.28. The minimum atomic E-state index is -0.879. The van der Waals surface area contributed by atoms with E-state index in [0.717, 1.165) is 19.3 Å². The molecule has 1 amide bonds. The number of morpholine rings is 1. The zero-order valence-electron chi connectivity index (χ0n) is 10.4. The number of ether oxygens (including phenoxy) is 1. The Morgan fingerprint density at radius 1 is 1.41 bits per heavy atom. The van der Waals surface area contributed by atoms with Crippen LogP contribution in [0.4, 0.5) is 0 Å². The molecule has 0 aromatic carbocycles. The van der Waals surface area contributed by atoms with Crippen molar-refractivity contribution in [3.8, 4) is 0 Å². The van der Waals surface area contributed by atoms with Gasteiger partial charge in [-0.15, -0.1) is 0 Å². The number of nitrogens with zero attached hydrogens (tertiary/aromatic N) is 1. The summed E-state index contributed by atoms with van der Waals surface area (Å²) in [5.74, 6) is -0.757. The van der Waals surface area contributed by atoms with E-state index in [-0.39, 0.29) is 18.4 Å². The van der Waals surface area contributed by atoms with Crippen molar-refractivity contribution in [3.05, 3.63) is 0 Å². The van der Waals surface area contributed by atoms with Crippen LogP contribution in [0.5, 0.6) is 0 Å². The fourth-order valence-electron chi connectivity index (χ4n) is 1.95. The van der Waals surface area contributed by atoms with Crippen LogP contribution in [0.3, 0.4) is 0 Å². The van der Waals surface area contributed by atoms with Gasteiger partial charge in [0.25, 0.3) is 0 Å². The molecule has 1 saturated heterocycles. The summed E-state index contributed by atoms with van der Waals surface area (Å²) in [6.07, 6.45) is 3.26. The van der Waals surface area contributed by atoms with Gasteiger partial charge < -0.3 is 14.7 Å². The van der Waals surface area contributed by atoms with Gasteiger partial charge in [0.05, 0.1) is 19.1 Å². The van der Waals surface area contributed by atoms with Gasteiger partial charge in [0.2, 0.25) is 5.91 Å². The van der Waals surface area contributed by atoms with Crippen molar-refractivity contribution in [2.75, 3.05) is 19.7 Å². The molecular formula is C12H21NO4. The third kappa shape index (κ3) is 5.17. The Morgan fingerprint density at radius 3 is 2.82 bits per heavy atom. The minimum Gasteiger partial charge on any atom is -0.481 e. The number of aliphatic carboxylic acids is 1. The second kappa shape index (κ2) is 7.27. The third-order valence-corrected chi connectivity index (χ3v) is 2.89. The Bertz CT molecular complexity index is 267. The van der Waals surface area contributed by atoms with E-state index in [9.17, 15) is 9.59 Å². The molecule has 0 radical (unpaired) electrons. The maximum atomic E-state index is 11.8. The summed E-state index contributed by atoms with van der Waals surface area (Å²) in [5.41, 5.74) is 0. The van der Waals surface area contributed by atoms with Crippen LogP contribution in [-0.4, -0.2) is 47.7 Å². The first-order valence-corrected chi connectivity index (χ1v) is 6.24. The summed E-state index contributed by atoms with van der Waals surface area (Å²) in [6, 6.07) is 0.